The van der Waals surface area contributed by atoms with E-state index in [1.807, 2.05) is 0 Å². The molecule has 0 saturated carbocycles. The number of halogens is 4. The lowest BCUT2D eigenvalue weighted by molar-refractivity contribution is -0.137. The van der Waals surface area contributed by atoms with Gasteiger partial charge in [-0.1, -0.05) is 24.6 Å². The molecule has 2 aromatic rings. The molecular weight excluding hydrogens is 449 g/mol. The van der Waals surface area contributed by atoms with Gasteiger partial charge in [-0.15, -0.1) is 0 Å². The number of carbonyl (C=O) groups is 2. The number of rotatable bonds is 7. The standard InChI is InChI=1S/C18H16ClF3N2O5S/c1-2-23-30(27,28)13-5-3-4-11(8-13)17(26)29-10-16(25)24-12-6-7-15(19)14(9-12)18(20,21)22/h3-9,23H,2,10H2,1H3,(H,24,25). The molecule has 2 rings (SSSR count). The summed E-state index contributed by atoms with van der Waals surface area (Å²) in [5, 5.41) is 1.63. The summed E-state index contributed by atoms with van der Waals surface area (Å²) in [7, 11) is -3.80. The van der Waals surface area contributed by atoms with E-state index in [9.17, 15) is 31.2 Å². The summed E-state index contributed by atoms with van der Waals surface area (Å²) in [5.41, 5.74) is -1.43. The highest BCUT2D eigenvalue weighted by Gasteiger charge is 2.33. The van der Waals surface area contributed by atoms with Crippen LogP contribution in [0, 0.1) is 0 Å². The molecule has 0 aliphatic rings. The van der Waals surface area contributed by atoms with E-state index in [4.69, 9.17) is 16.3 Å². The second-order valence-electron chi connectivity index (χ2n) is 5.85. The Labute approximate surface area is 175 Å². The SMILES string of the molecule is CCNS(=O)(=O)c1cccc(C(=O)OCC(=O)Nc2ccc(Cl)c(C(F)(F)F)c2)c1. The van der Waals surface area contributed by atoms with Gasteiger partial charge in [-0.25, -0.2) is 17.9 Å². The Morgan fingerprint density at radius 3 is 2.47 bits per heavy atom. The van der Waals surface area contributed by atoms with Gasteiger partial charge in [0.15, 0.2) is 6.61 Å². The topological polar surface area (TPSA) is 102 Å². The number of amides is 1. The van der Waals surface area contributed by atoms with Crippen LogP contribution in [-0.2, 0) is 25.7 Å². The summed E-state index contributed by atoms with van der Waals surface area (Å²) >= 11 is 5.50. The normalized spacial score (nSPS) is 11.8. The van der Waals surface area contributed by atoms with E-state index in [1.54, 1.807) is 6.92 Å². The smallest absolute Gasteiger partial charge is 0.417 e. The van der Waals surface area contributed by atoms with E-state index >= 15 is 0 Å². The van der Waals surface area contributed by atoms with Gasteiger partial charge < -0.3 is 10.1 Å². The number of alkyl halides is 3. The lowest BCUT2D eigenvalue weighted by atomic mass is 10.2. The fraction of sp³-hybridized carbons (Fsp3) is 0.222. The number of anilines is 1. The van der Waals surface area contributed by atoms with Crippen LogP contribution in [0.3, 0.4) is 0 Å². The molecule has 2 aromatic carbocycles. The van der Waals surface area contributed by atoms with Crippen molar-refractivity contribution in [1.82, 2.24) is 4.72 Å². The molecule has 0 aliphatic heterocycles. The Kier molecular flexibility index (Phi) is 7.45. The first-order valence-electron chi connectivity index (χ1n) is 8.37. The maximum absolute atomic E-state index is 12.9. The number of hydrogen-bond donors (Lipinski definition) is 2. The van der Waals surface area contributed by atoms with E-state index < -0.39 is 45.3 Å². The third-order valence-corrected chi connectivity index (χ3v) is 5.48. The third kappa shape index (κ3) is 6.18. The van der Waals surface area contributed by atoms with Crippen LogP contribution in [0.1, 0.15) is 22.8 Å². The van der Waals surface area contributed by atoms with Crippen molar-refractivity contribution in [3.63, 3.8) is 0 Å². The number of esters is 1. The van der Waals surface area contributed by atoms with Crippen LogP contribution < -0.4 is 10.0 Å². The fourth-order valence-corrected chi connectivity index (χ4v) is 3.61. The summed E-state index contributed by atoms with van der Waals surface area (Å²) in [6, 6.07) is 7.76. The molecule has 0 fully saturated rings. The highest BCUT2D eigenvalue weighted by Crippen LogP contribution is 2.36. The van der Waals surface area contributed by atoms with Crippen molar-refractivity contribution < 1.29 is 35.9 Å². The van der Waals surface area contributed by atoms with Gasteiger partial charge >= 0.3 is 12.1 Å². The lowest BCUT2D eigenvalue weighted by Crippen LogP contribution is -2.24. The first-order valence-corrected chi connectivity index (χ1v) is 10.2. The quantitative estimate of drug-likeness (QED) is 0.611. The third-order valence-electron chi connectivity index (χ3n) is 3.60. The number of benzene rings is 2. The molecule has 0 spiro atoms. The van der Waals surface area contributed by atoms with E-state index in [2.05, 4.69) is 10.0 Å². The molecule has 30 heavy (non-hydrogen) atoms. The molecule has 1 amide bonds. The van der Waals surface area contributed by atoms with Crippen LogP contribution in [0.25, 0.3) is 0 Å². The van der Waals surface area contributed by atoms with Crippen LogP contribution >= 0.6 is 11.6 Å². The van der Waals surface area contributed by atoms with Crippen molar-refractivity contribution in [2.45, 2.75) is 18.0 Å². The van der Waals surface area contributed by atoms with Gasteiger partial charge in [0.1, 0.15) is 0 Å². The monoisotopic (exact) mass is 464 g/mol. The highest BCUT2D eigenvalue weighted by atomic mass is 35.5. The first kappa shape index (κ1) is 23.6. The summed E-state index contributed by atoms with van der Waals surface area (Å²) in [5.74, 6) is -1.87. The van der Waals surface area contributed by atoms with Gasteiger partial charge in [0, 0.05) is 12.2 Å². The van der Waals surface area contributed by atoms with E-state index in [1.165, 1.54) is 18.2 Å². The van der Waals surface area contributed by atoms with Crippen molar-refractivity contribution in [1.29, 1.82) is 0 Å². The highest BCUT2D eigenvalue weighted by molar-refractivity contribution is 7.89. The molecule has 2 N–H and O–H groups in total. The zero-order chi connectivity index (χ0) is 22.5. The molecule has 12 heteroatoms. The fourth-order valence-electron chi connectivity index (χ4n) is 2.30. The Balaban J connectivity index is 2.03. The van der Waals surface area contributed by atoms with Gasteiger partial charge in [0.2, 0.25) is 10.0 Å². The lowest BCUT2D eigenvalue weighted by Gasteiger charge is -2.12. The predicted molar refractivity (Wildman–Crippen MR) is 103 cm³/mol. The summed E-state index contributed by atoms with van der Waals surface area (Å²) in [4.78, 5) is 23.8. The minimum atomic E-state index is -4.71. The van der Waals surface area contributed by atoms with Crippen molar-refractivity contribution in [3.05, 3.63) is 58.6 Å². The Morgan fingerprint density at radius 2 is 1.83 bits per heavy atom. The molecule has 0 atom stereocenters. The average Bonchev–Trinajstić information content (AvgIpc) is 2.67. The first-order chi connectivity index (χ1) is 13.9. The maximum atomic E-state index is 12.9. The molecule has 0 heterocycles. The number of sulfonamides is 1. The van der Waals surface area contributed by atoms with Gasteiger partial charge in [-0.3, -0.25) is 4.79 Å². The number of ether oxygens (including phenoxy) is 1. The molecule has 0 unspecified atom stereocenters. The van der Waals surface area contributed by atoms with Gasteiger partial charge in [-0.2, -0.15) is 13.2 Å². The Morgan fingerprint density at radius 1 is 1.13 bits per heavy atom. The van der Waals surface area contributed by atoms with E-state index in [-0.39, 0.29) is 22.7 Å². The average molecular weight is 465 g/mol. The molecule has 0 aromatic heterocycles. The minimum absolute atomic E-state index is 0.118. The minimum Gasteiger partial charge on any atom is -0.452 e. The predicted octanol–water partition coefficient (Wildman–Crippen LogP) is 3.45. The maximum Gasteiger partial charge on any atom is 0.417 e. The van der Waals surface area contributed by atoms with Gasteiger partial charge in [0.25, 0.3) is 5.91 Å². The molecule has 0 radical (unpaired) electrons. The molecule has 7 nitrogen and oxygen atoms in total. The second kappa shape index (κ2) is 9.45. The Bertz CT molecular complexity index is 1060. The summed E-state index contributed by atoms with van der Waals surface area (Å²) < 4.78 is 69.6. The Hall–Kier alpha value is -2.63. The second-order valence-corrected chi connectivity index (χ2v) is 8.02. The van der Waals surface area contributed by atoms with Gasteiger partial charge in [-0.05, 0) is 36.4 Å². The summed E-state index contributed by atoms with van der Waals surface area (Å²) in [6.45, 7) is 0.942. The van der Waals surface area contributed by atoms with Crippen molar-refractivity contribution in [3.8, 4) is 0 Å². The number of carbonyl (C=O) groups excluding carboxylic acids is 2. The molecule has 0 bridgehead atoms. The molecular formula is C18H16ClF3N2O5S. The number of nitrogens with one attached hydrogen (secondary N) is 2. The molecule has 162 valence electrons. The van der Waals surface area contributed by atoms with Gasteiger partial charge in [0.05, 0.1) is 21.0 Å². The van der Waals surface area contributed by atoms with E-state index in [0.717, 1.165) is 18.2 Å². The largest absolute Gasteiger partial charge is 0.452 e. The van der Waals surface area contributed by atoms with Crippen LogP contribution in [0.4, 0.5) is 18.9 Å². The molecule has 0 aliphatic carbocycles. The van der Waals surface area contributed by atoms with Crippen molar-refractivity contribution >= 4 is 39.2 Å². The van der Waals surface area contributed by atoms with Crippen LogP contribution in [0.5, 0.6) is 0 Å². The summed E-state index contributed by atoms with van der Waals surface area (Å²) in [6.07, 6.45) is -4.71. The zero-order valence-electron chi connectivity index (χ0n) is 15.4. The van der Waals surface area contributed by atoms with Crippen molar-refractivity contribution in [2.75, 3.05) is 18.5 Å². The zero-order valence-corrected chi connectivity index (χ0v) is 17.0. The van der Waals surface area contributed by atoms with Crippen LogP contribution in [0.2, 0.25) is 5.02 Å². The van der Waals surface area contributed by atoms with Crippen LogP contribution in [-0.4, -0.2) is 33.4 Å². The van der Waals surface area contributed by atoms with E-state index in [0.29, 0.717) is 6.07 Å². The number of hydrogen-bond acceptors (Lipinski definition) is 5. The van der Waals surface area contributed by atoms with Crippen molar-refractivity contribution in [2.24, 2.45) is 0 Å². The molecule has 0 saturated heterocycles. The van der Waals surface area contributed by atoms with Crippen LogP contribution in [0.15, 0.2) is 47.4 Å².